The molecule has 6 heteroatoms. The van der Waals surface area contributed by atoms with Gasteiger partial charge in [-0.2, -0.15) is 9.57 Å². The molecule has 1 atom stereocenters. The lowest BCUT2D eigenvalue weighted by atomic mass is 10.3. The summed E-state index contributed by atoms with van der Waals surface area (Å²) in [6, 6.07) is 4.86. The van der Waals surface area contributed by atoms with E-state index in [9.17, 15) is 8.42 Å². The monoisotopic (exact) mass is 244 g/mol. The summed E-state index contributed by atoms with van der Waals surface area (Å²) in [5.41, 5.74) is 0. The molecule has 0 spiro atoms. The van der Waals surface area contributed by atoms with E-state index in [1.165, 1.54) is 18.4 Å². The summed E-state index contributed by atoms with van der Waals surface area (Å²) in [5, 5.41) is 10.8. The predicted octanol–water partition coefficient (Wildman–Crippen LogP) is 1.59. The topological polar surface area (TPSA) is 61.2 Å². The first kappa shape index (κ1) is 12.2. The van der Waals surface area contributed by atoms with Crippen molar-refractivity contribution in [2.24, 2.45) is 0 Å². The average molecular weight is 244 g/mol. The summed E-state index contributed by atoms with van der Waals surface area (Å²) in [4.78, 5) is 0.747. The van der Waals surface area contributed by atoms with Crippen molar-refractivity contribution in [2.75, 3.05) is 12.8 Å². The van der Waals surface area contributed by atoms with Gasteiger partial charge in [0.2, 0.25) is 10.0 Å². The van der Waals surface area contributed by atoms with Crippen LogP contribution in [0.25, 0.3) is 0 Å². The minimum Gasteiger partial charge on any atom is -0.212 e. The third kappa shape index (κ3) is 2.56. The molecule has 0 radical (unpaired) electrons. The normalized spacial score (nSPS) is 13.7. The quantitative estimate of drug-likeness (QED) is 0.808. The Kier molecular flexibility index (Phi) is 3.85. The predicted molar refractivity (Wildman–Crippen MR) is 59.9 cm³/mol. The Labute approximate surface area is 93.8 Å². The largest absolute Gasteiger partial charge is 0.215 e. The molecule has 82 valence electrons. The van der Waals surface area contributed by atoms with Gasteiger partial charge in [-0.15, -0.1) is 11.3 Å². The maximum atomic E-state index is 11.6. The zero-order chi connectivity index (χ0) is 11.5. The lowest BCUT2D eigenvalue weighted by Gasteiger charge is -2.20. The van der Waals surface area contributed by atoms with Gasteiger partial charge in [-0.1, -0.05) is 6.07 Å². The van der Waals surface area contributed by atoms with E-state index in [0.29, 0.717) is 0 Å². The van der Waals surface area contributed by atoms with Crippen LogP contribution in [-0.4, -0.2) is 25.5 Å². The van der Waals surface area contributed by atoms with Gasteiger partial charge in [-0.05, 0) is 18.4 Å². The van der Waals surface area contributed by atoms with E-state index in [2.05, 4.69) is 0 Å². The molecule has 0 aliphatic rings. The van der Waals surface area contributed by atoms with Crippen LogP contribution in [-0.2, 0) is 10.0 Å². The van der Waals surface area contributed by atoms with Crippen LogP contribution in [0.5, 0.6) is 0 Å². The Morgan fingerprint density at radius 3 is 2.73 bits per heavy atom. The number of nitriles is 1. The molecular weight excluding hydrogens is 232 g/mol. The van der Waals surface area contributed by atoms with Crippen LogP contribution in [0, 0.1) is 11.3 Å². The Balaban J connectivity index is 3.01. The zero-order valence-corrected chi connectivity index (χ0v) is 10.2. The highest BCUT2D eigenvalue weighted by Gasteiger charge is 2.26. The van der Waals surface area contributed by atoms with Crippen molar-refractivity contribution in [3.05, 3.63) is 22.4 Å². The summed E-state index contributed by atoms with van der Waals surface area (Å²) < 4.78 is 24.3. The molecule has 15 heavy (non-hydrogen) atoms. The maximum Gasteiger partial charge on any atom is 0.215 e. The third-order valence-electron chi connectivity index (χ3n) is 2.10. The van der Waals surface area contributed by atoms with E-state index in [1.807, 2.05) is 11.4 Å². The summed E-state index contributed by atoms with van der Waals surface area (Å²) >= 11 is 1.38. The van der Waals surface area contributed by atoms with Crippen molar-refractivity contribution in [3.8, 4) is 6.07 Å². The van der Waals surface area contributed by atoms with Crippen molar-refractivity contribution in [1.29, 1.82) is 5.26 Å². The number of hydrogen-bond acceptors (Lipinski definition) is 4. The fourth-order valence-corrected chi connectivity index (χ4v) is 2.90. The molecule has 0 aliphatic carbocycles. The summed E-state index contributed by atoms with van der Waals surface area (Å²) in [7, 11) is -1.88. The highest BCUT2D eigenvalue weighted by atomic mass is 32.2. The van der Waals surface area contributed by atoms with Gasteiger partial charge in [0.25, 0.3) is 0 Å². The second-order valence-corrected chi connectivity index (χ2v) is 6.26. The molecule has 0 saturated heterocycles. The van der Waals surface area contributed by atoms with Gasteiger partial charge < -0.3 is 0 Å². The first-order valence-electron chi connectivity index (χ1n) is 4.41. The van der Waals surface area contributed by atoms with Crippen molar-refractivity contribution >= 4 is 21.4 Å². The van der Waals surface area contributed by atoms with Gasteiger partial charge in [0.15, 0.2) is 0 Å². The van der Waals surface area contributed by atoms with Crippen molar-refractivity contribution < 1.29 is 8.42 Å². The zero-order valence-electron chi connectivity index (χ0n) is 8.54. The molecule has 0 aromatic carbocycles. The Hall–Kier alpha value is -0.900. The van der Waals surface area contributed by atoms with E-state index in [0.717, 1.165) is 9.18 Å². The molecule has 1 unspecified atom stereocenters. The van der Waals surface area contributed by atoms with Crippen LogP contribution in [0.2, 0.25) is 0 Å². The molecule has 1 aromatic heterocycles. The van der Waals surface area contributed by atoms with E-state index >= 15 is 0 Å². The number of nitrogens with zero attached hydrogens (tertiary/aromatic N) is 2. The van der Waals surface area contributed by atoms with Crippen LogP contribution >= 0.6 is 11.3 Å². The van der Waals surface area contributed by atoms with Gasteiger partial charge in [0, 0.05) is 11.9 Å². The molecule has 4 nitrogen and oxygen atoms in total. The lowest BCUT2D eigenvalue weighted by molar-refractivity contribution is 0.437. The van der Waals surface area contributed by atoms with Crippen LogP contribution in [0.1, 0.15) is 17.8 Å². The summed E-state index contributed by atoms with van der Waals surface area (Å²) in [6.07, 6.45) is 0. The number of thiophene rings is 1. The molecule has 0 saturated carbocycles. The van der Waals surface area contributed by atoms with E-state index < -0.39 is 16.1 Å². The smallest absolute Gasteiger partial charge is 0.212 e. The fourth-order valence-electron chi connectivity index (χ4n) is 1.14. The van der Waals surface area contributed by atoms with Crippen molar-refractivity contribution in [1.82, 2.24) is 4.31 Å². The van der Waals surface area contributed by atoms with Crippen molar-refractivity contribution in [3.63, 3.8) is 0 Å². The lowest BCUT2D eigenvalue weighted by Crippen LogP contribution is -2.31. The highest BCUT2D eigenvalue weighted by Crippen LogP contribution is 2.25. The average Bonchev–Trinajstić information content (AvgIpc) is 2.72. The number of rotatable bonds is 4. The minimum absolute atomic E-state index is 0.00700. The molecule has 0 N–H and O–H groups in total. The number of sulfonamides is 1. The van der Waals surface area contributed by atoms with E-state index in [4.69, 9.17) is 5.26 Å². The number of hydrogen-bond donors (Lipinski definition) is 0. The SMILES string of the molecule is CCS(=O)(=O)N(C)C(C#N)c1cccs1. The first-order chi connectivity index (χ1) is 7.03. The van der Waals surface area contributed by atoms with Crippen LogP contribution < -0.4 is 0 Å². The van der Waals surface area contributed by atoms with E-state index in [1.54, 1.807) is 19.1 Å². The first-order valence-corrected chi connectivity index (χ1v) is 6.90. The van der Waals surface area contributed by atoms with Gasteiger partial charge in [-0.25, -0.2) is 8.42 Å². The molecule has 1 heterocycles. The van der Waals surface area contributed by atoms with Gasteiger partial charge >= 0.3 is 0 Å². The van der Waals surface area contributed by atoms with Gasteiger partial charge in [0.05, 0.1) is 11.8 Å². The molecule has 0 amide bonds. The maximum absolute atomic E-state index is 11.6. The van der Waals surface area contributed by atoms with E-state index in [-0.39, 0.29) is 5.75 Å². The molecule has 1 aromatic rings. The van der Waals surface area contributed by atoms with Gasteiger partial charge in [0.1, 0.15) is 6.04 Å². The second-order valence-electron chi connectivity index (χ2n) is 2.96. The Bertz CT molecular complexity index is 445. The van der Waals surface area contributed by atoms with Crippen LogP contribution in [0.3, 0.4) is 0 Å². The van der Waals surface area contributed by atoms with Crippen molar-refractivity contribution in [2.45, 2.75) is 13.0 Å². The fraction of sp³-hybridized carbons (Fsp3) is 0.444. The van der Waals surface area contributed by atoms with Crippen LogP contribution in [0.4, 0.5) is 0 Å². The molecule has 0 aliphatic heterocycles. The Morgan fingerprint density at radius 2 is 2.33 bits per heavy atom. The third-order valence-corrected chi connectivity index (χ3v) is 4.84. The summed E-state index contributed by atoms with van der Waals surface area (Å²) in [5.74, 6) is 0.00700. The molecule has 0 bridgehead atoms. The molecule has 0 fully saturated rings. The van der Waals surface area contributed by atoms with Gasteiger partial charge in [-0.3, -0.25) is 0 Å². The molecule has 1 rings (SSSR count). The molecular formula is C9H12N2O2S2. The second kappa shape index (κ2) is 4.75. The Morgan fingerprint density at radius 1 is 1.67 bits per heavy atom. The standard InChI is InChI=1S/C9H12N2O2S2/c1-3-15(12,13)11(2)8(7-10)9-5-4-6-14-9/h4-6,8H,3H2,1-2H3. The summed E-state index contributed by atoms with van der Waals surface area (Å²) in [6.45, 7) is 1.56. The minimum atomic E-state index is -3.32. The highest BCUT2D eigenvalue weighted by molar-refractivity contribution is 7.89. The van der Waals surface area contributed by atoms with Crippen LogP contribution in [0.15, 0.2) is 17.5 Å².